The number of halogens is 2. The van der Waals surface area contributed by atoms with E-state index in [9.17, 15) is 18.9 Å². The molecule has 0 aliphatic rings. The maximum Gasteiger partial charge on any atom is 0.311 e. The Bertz CT molecular complexity index is 425. The molecule has 0 aliphatic heterocycles. The van der Waals surface area contributed by atoms with Gasteiger partial charge in [-0.1, -0.05) is 0 Å². The number of aromatic nitrogens is 1. The van der Waals surface area contributed by atoms with Crippen molar-refractivity contribution in [3.63, 3.8) is 0 Å². The lowest BCUT2D eigenvalue weighted by Gasteiger charge is -2.14. The third-order valence-corrected chi connectivity index (χ3v) is 2.01. The van der Waals surface area contributed by atoms with Gasteiger partial charge in [0.05, 0.1) is 18.0 Å². The summed E-state index contributed by atoms with van der Waals surface area (Å²) in [6.45, 7) is -0.00166. The first kappa shape index (κ1) is 13.2. The first-order valence-corrected chi connectivity index (χ1v) is 4.78. The van der Waals surface area contributed by atoms with Crippen molar-refractivity contribution < 1.29 is 13.7 Å². The van der Waals surface area contributed by atoms with Gasteiger partial charge in [0.15, 0.2) is 0 Å². The molecule has 0 amide bonds. The number of hydrogen-bond donors (Lipinski definition) is 2. The second-order valence-electron chi connectivity index (χ2n) is 3.55. The molecule has 94 valence electrons. The van der Waals surface area contributed by atoms with Gasteiger partial charge in [-0.2, -0.15) is 0 Å². The summed E-state index contributed by atoms with van der Waals surface area (Å²) in [5, 5.41) is 12.9. The van der Waals surface area contributed by atoms with Crippen LogP contribution in [0, 0.1) is 17.0 Å². The van der Waals surface area contributed by atoms with Crippen LogP contribution in [0.25, 0.3) is 0 Å². The maximum absolute atomic E-state index is 12.9. The Labute approximate surface area is 96.0 Å². The van der Waals surface area contributed by atoms with Gasteiger partial charge in [-0.3, -0.25) is 10.1 Å². The van der Waals surface area contributed by atoms with Crippen LogP contribution in [0.5, 0.6) is 0 Å². The fourth-order valence-corrected chi connectivity index (χ4v) is 1.11. The number of aryl methyl sites for hydroxylation is 1. The van der Waals surface area contributed by atoms with Gasteiger partial charge < -0.3 is 11.1 Å². The van der Waals surface area contributed by atoms with Crippen LogP contribution in [0.1, 0.15) is 5.56 Å². The van der Waals surface area contributed by atoms with Crippen LogP contribution in [0.15, 0.2) is 12.3 Å². The van der Waals surface area contributed by atoms with E-state index in [2.05, 4.69) is 10.3 Å². The minimum absolute atomic E-state index is 0.186. The third-order valence-electron chi connectivity index (χ3n) is 2.01. The zero-order chi connectivity index (χ0) is 13.1. The lowest BCUT2D eigenvalue weighted by molar-refractivity contribution is -0.384. The first-order valence-electron chi connectivity index (χ1n) is 4.78. The molecule has 6 nitrogen and oxygen atoms in total. The van der Waals surface area contributed by atoms with Gasteiger partial charge >= 0.3 is 5.69 Å². The average molecular weight is 246 g/mol. The van der Waals surface area contributed by atoms with E-state index in [0.717, 1.165) is 0 Å². The van der Waals surface area contributed by atoms with Gasteiger partial charge in [0.25, 0.3) is 5.92 Å². The number of nitrogens with two attached hydrogens (primary N) is 1. The first-order chi connectivity index (χ1) is 7.85. The number of rotatable bonds is 5. The van der Waals surface area contributed by atoms with Crippen molar-refractivity contribution in [1.29, 1.82) is 0 Å². The van der Waals surface area contributed by atoms with Crippen molar-refractivity contribution in [2.24, 2.45) is 5.73 Å². The molecule has 1 aromatic rings. The largest absolute Gasteiger partial charge is 0.358 e. The van der Waals surface area contributed by atoms with Crippen LogP contribution in [0.3, 0.4) is 0 Å². The monoisotopic (exact) mass is 246 g/mol. The molecule has 0 atom stereocenters. The molecule has 0 radical (unpaired) electrons. The summed E-state index contributed by atoms with van der Waals surface area (Å²) >= 11 is 0. The van der Waals surface area contributed by atoms with E-state index in [1.54, 1.807) is 6.92 Å². The SMILES string of the molecule is Cc1cnc(NCC(F)(F)CN)c([N+](=O)[O-])c1. The van der Waals surface area contributed by atoms with E-state index >= 15 is 0 Å². The Balaban J connectivity index is 2.88. The lowest BCUT2D eigenvalue weighted by atomic mass is 10.2. The molecule has 0 saturated carbocycles. The molecule has 8 heteroatoms. The summed E-state index contributed by atoms with van der Waals surface area (Å²) in [6.07, 6.45) is 1.36. The molecular formula is C9H12F2N4O2. The zero-order valence-electron chi connectivity index (χ0n) is 9.11. The highest BCUT2D eigenvalue weighted by Gasteiger charge is 2.28. The van der Waals surface area contributed by atoms with E-state index in [1.165, 1.54) is 12.3 Å². The second-order valence-corrected chi connectivity index (χ2v) is 3.55. The molecule has 0 fully saturated rings. The molecule has 0 aliphatic carbocycles. The fraction of sp³-hybridized carbons (Fsp3) is 0.444. The number of nitro groups is 1. The van der Waals surface area contributed by atoms with Gasteiger partial charge in [0.1, 0.15) is 0 Å². The highest BCUT2D eigenvalue weighted by molar-refractivity contribution is 5.56. The van der Waals surface area contributed by atoms with Crippen molar-refractivity contribution in [1.82, 2.24) is 4.98 Å². The minimum Gasteiger partial charge on any atom is -0.358 e. The molecule has 0 saturated heterocycles. The van der Waals surface area contributed by atoms with Gasteiger partial charge in [0.2, 0.25) is 5.82 Å². The summed E-state index contributed by atoms with van der Waals surface area (Å²) in [4.78, 5) is 13.7. The second kappa shape index (κ2) is 5.00. The maximum atomic E-state index is 12.9. The van der Waals surface area contributed by atoms with E-state index in [0.29, 0.717) is 5.56 Å². The molecule has 0 spiro atoms. The number of nitrogens with one attached hydrogen (secondary N) is 1. The number of hydrogen-bond acceptors (Lipinski definition) is 5. The van der Waals surface area contributed by atoms with Gasteiger partial charge in [-0.05, 0) is 12.5 Å². The van der Waals surface area contributed by atoms with E-state index in [1.807, 2.05) is 0 Å². The van der Waals surface area contributed by atoms with Crippen molar-refractivity contribution in [2.75, 3.05) is 18.4 Å². The Kier molecular flexibility index (Phi) is 3.89. The molecule has 0 bridgehead atoms. The Morgan fingerprint density at radius 1 is 1.65 bits per heavy atom. The summed E-state index contributed by atoms with van der Waals surface area (Å²) in [5.41, 5.74) is 5.09. The quantitative estimate of drug-likeness (QED) is 0.603. The number of anilines is 1. The minimum atomic E-state index is -3.12. The van der Waals surface area contributed by atoms with E-state index < -0.39 is 23.9 Å². The van der Waals surface area contributed by atoms with Gasteiger partial charge in [-0.15, -0.1) is 0 Å². The Morgan fingerprint density at radius 3 is 2.82 bits per heavy atom. The smallest absolute Gasteiger partial charge is 0.311 e. The van der Waals surface area contributed by atoms with Gasteiger partial charge in [0, 0.05) is 12.3 Å². The summed E-state index contributed by atoms with van der Waals surface area (Å²) in [5.74, 6) is -3.31. The molecule has 0 aromatic carbocycles. The molecule has 3 N–H and O–H groups in total. The van der Waals surface area contributed by atoms with Crippen molar-refractivity contribution >= 4 is 11.5 Å². The molecule has 1 rings (SSSR count). The standard InChI is InChI=1S/C9H12F2N4O2/c1-6-2-7(15(16)17)8(13-3-6)14-5-9(10,11)4-12/h2-3H,4-5,12H2,1H3,(H,13,14). The lowest BCUT2D eigenvalue weighted by Crippen LogP contribution is -2.35. The van der Waals surface area contributed by atoms with Crippen LogP contribution >= 0.6 is 0 Å². The molecule has 0 unspecified atom stereocenters. The summed E-state index contributed by atoms with van der Waals surface area (Å²) in [6, 6.07) is 1.26. The Morgan fingerprint density at radius 2 is 2.29 bits per heavy atom. The van der Waals surface area contributed by atoms with Crippen LogP contribution in [0.4, 0.5) is 20.3 Å². The molecule has 1 aromatic heterocycles. The molecule has 1 heterocycles. The third kappa shape index (κ3) is 3.59. The molecular weight excluding hydrogens is 234 g/mol. The van der Waals surface area contributed by atoms with Crippen molar-refractivity contribution in [2.45, 2.75) is 12.8 Å². The molecule has 17 heavy (non-hydrogen) atoms. The average Bonchev–Trinajstić information content (AvgIpc) is 2.27. The predicted molar refractivity (Wildman–Crippen MR) is 58.1 cm³/mol. The highest BCUT2D eigenvalue weighted by Crippen LogP contribution is 2.23. The normalized spacial score (nSPS) is 11.3. The number of alkyl halides is 2. The van der Waals surface area contributed by atoms with Crippen molar-refractivity contribution in [3.05, 3.63) is 27.9 Å². The Hall–Kier alpha value is -1.83. The fourth-order valence-electron chi connectivity index (χ4n) is 1.11. The van der Waals surface area contributed by atoms with E-state index in [4.69, 9.17) is 5.73 Å². The summed E-state index contributed by atoms with van der Waals surface area (Å²) in [7, 11) is 0. The topological polar surface area (TPSA) is 94.1 Å². The van der Waals surface area contributed by atoms with Crippen LogP contribution in [-0.4, -0.2) is 28.9 Å². The predicted octanol–water partition coefficient (Wildman–Crippen LogP) is 1.30. The summed E-state index contributed by atoms with van der Waals surface area (Å²) < 4.78 is 25.7. The van der Waals surface area contributed by atoms with E-state index in [-0.39, 0.29) is 11.5 Å². The number of nitrogens with zero attached hydrogens (tertiary/aromatic N) is 2. The highest BCUT2D eigenvalue weighted by atomic mass is 19.3. The van der Waals surface area contributed by atoms with Crippen LogP contribution < -0.4 is 11.1 Å². The van der Waals surface area contributed by atoms with Crippen LogP contribution in [0.2, 0.25) is 0 Å². The number of pyridine rings is 1. The van der Waals surface area contributed by atoms with Gasteiger partial charge in [-0.25, -0.2) is 13.8 Å². The zero-order valence-corrected chi connectivity index (χ0v) is 9.11. The van der Waals surface area contributed by atoms with Crippen molar-refractivity contribution in [3.8, 4) is 0 Å². The van der Waals surface area contributed by atoms with Crippen LogP contribution in [-0.2, 0) is 0 Å².